The topological polar surface area (TPSA) is 86.8 Å². The summed E-state index contributed by atoms with van der Waals surface area (Å²) in [4.78, 5) is 28.7. The van der Waals surface area contributed by atoms with Gasteiger partial charge in [0, 0.05) is 17.6 Å². The molecule has 0 unspecified atom stereocenters. The molecule has 0 bridgehead atoms. The van der Waals surface area contributed by atoms with Crippen LogP contribution in [0.15, 0.2) is 77.7 Å². The number of halogens is 1. The largest absolute Gasteiger partial charge is 0.352 e. The van der Waals surface area contributed by atoms with Crippen LogP contribution in [0.4, 0.5) is 5.69 Å². The number of hydrogen-bond acceptors (Lipinski definition) is 4. The fourth-order valence-corrected chi connectivity index (χ4v) is 5.78. The van der Waals surface area contributed by atoms with E-state index in [1.54, 1.807) is 30.3 Å². The molecule has 39 heavy (non-hydrogen) atoms. The van der Waals surface area contributed by atoms with Gasteiger partial charge in [0.25, 0.3) is 10.0 Å². The molecule has 0 aliphatic carbocycles. The van der Waals surface area contributed by atoms with Gasteiger partial charge in [-0.15, -0.1) is 0 Å². The van der Waals surface area contributed by atoms with Gasteiger partial charge in [-0.05, 0) is 70.0 Å². The van der Waals surface area contributed by atoms with Gasteiger partial charge in [0.1, 0.15) is 12.6 Å². The minimum absolute atomic E-state index is 0.0514. The number of nitrogens with zero attached hydrogens (tertiary/aromatic N) is 2. The lowest BCUT2D eigenvalue weighted by atomic mass is 10.1. The Labute approximate surface area is 236 Å². The Kier molecular flexibility index (Phi) is 10.2. The highest BCUT2D eigenvalue weighted by molar-refractivity contribution is 7.92. The monoisotopic (exact) mass is 569 g/mol. The highest BCUT2D eigenvalue weighted by Gasteiger charge is 2.33. The summed E-state index contributed by atoms with van der Waals surface area (Å²) in [6.45, 7) is 9.02. The Bertz CT molecular complexity index is 1390. The lowest BCUT2D eigenvalue weighted by Gasteiger charge is -2.33. The minimum Gasteiger partial charge on any atom is -0.352 e. The van der Waals surface area contributed by atoms with Crippen molar-refractivity contribution in [3.8, 4) is 0 Å². The van der Waals surface area contributed by atoms with E-state index < -0.39 is 28.5 Å². The van der Waals surface area contributed by atoms with Crippen molar-refractivity contribution in [2.24, 2.45) is 0 Å². The summed E-state index contributed by atoms with van der Waals surface area (Å²) in [5.41, 5.74) is 3.06. The van der Waals surface area contributed by atoms with Crippen LogP contribution in [-0.2, 0) is 26.2 Å². The number of hydrogen-bond donors (Lipinski definition) is 1. The molecule has 3 aromatic carbocycles. The molecule has 0 aliphatic rings. The molecular weight excluding hydrogens is 534 g/mol. The van der Waals surface area contributed by atoms with Gasteiger partial charge in [0.2, 0.25) is 11.8 Å². The maximum atomic E-state index is 14.0. The second-order valence-electron chi connectivity index (χ2n) is 9.90. The molecule has 0 heterocycles. The van der Waals surface area contributed by atoms with E-state index >= 15 is 0 Å². The van der Waals surface area contributed by atoms with Crippen LogP contribution in [0.25, 0.3) is 0 Å². The van der Waals surface area contributed by atoms with Crippen LogP contribution in [-0.4, -0.2) is 43.8 Å². The van der Waals surface area contributed by atoms with Gasteiger partial charge >= 0.3 is 0 Å². The Morgan fingerprint density at radius 3 is 2.05 bits per heavy atom. The van der Waals surface area contributed by atoms with Crippen molar-refractivity contribution in [2.45, 2.75) is 64.6 Å². The molecule has 208 valence electrons. The lowest BCUT2D eigenvalue weighted by Crippen LogP contribution is -2.53. The van der Waals surface area contributed by atoms with Crippen molar-refractivity contribution in [2.75, 3.05) is 10.8 Å². The predicted octanol–water partition coefficient (Wildman–Crippen LogP) is 5.48. The van der Waals surface area contributed by atoms with Gasteiger partial charge < -0.3 is 10.2 Å². The highest BCUT2D eigenvalue weighted by atomic mass is 35.5. The average molecular weight is 570 g/mol. The van der Waals surface area contributed by atoms with Crippen LogP contribution in [0, 0.1) is 13.8 Å². The number of carbonyl (C=O) groups excluding carboxylic acids is 2. The zero-order chi connectivity index (χ0) is 28.7. The zero-order valence-corrected chi connectivity index (χ0v) is 24.6. The lowest BCUT2D eigenvalue weighted by molar-refractivity contribution is -0.140. The first kappa shape index (κ1) is 30.2. The quantitative estimate of drug-likeness (QED) is 0.331. The van der Waals surface area contributed by atoms with Gasteiger partial charge in [0.05, 0.1) is 10.6 Å². The van der Waals surface area contributed by atoms with E-state index in [2.05, 4.69) is 5.32 Å². The van der Waals surface area contributed by atoms with E-state index in [-0.39, 0.29) is 29.1 Å². The fraction of sp³-hybridized carbons (Fsp3) is 0.333. The van der Waals surface area contributed by atoms with Crippen LogP contribution in [0.5, 0.6) is 0 Å². The van der Waals surface area contributed by atoms with E-state index in [0.29, 0.717) is 11.4 Å². The predicted molar refractivity (Wildman–Crippen MR) is 156 cm³/mol. The molecule has 0 radical (unpaired) electrons. The number of sulfonamides is 1. The third-order valence-corrected chi connectivity index (χ3v) is 8.30. The molecule has 3 aromatic rings. The molecule has 1 atom stereocenters. The van der Waals surface area contributed by atoms with Crippen molar-refractivity contribution in [3.05, 3.63) is 94.5 Å². The van der Waals surface area contributed by atoms with E-state index in [1.165, 1.54) is 23.1 Å². The van der Waals surface area contributed by atoms with Gasteiger partial charge in [-0.3, -0.25) is 13.9 Å². The molecule has 0 fully saturated rings. The fourth-order valence-electron chi connectivity index (χ4n) is 4.19. The molecule has 7 nitrogen and oxygen atoms in total. The van der Waals surface area contributed by atoms with Crippen molar-refractivity contribution >= 4 is 39.1 Å². The molecule has 0 aromatic heterocycles. The molecule has 1 N–H and O–H groups in total. The second-order valence-corrected chi connectivity index (χ2v) is 12.2. The number of carbonyl (C=O) groups is 2. The number of aryl methyl sites for hydroxylation is 2. The van der Waals surface area contributed by atoms with E-state index in [0.717, 1.165) is 21.0 Å². The van der Waals surface area contributed by atoms with Crippen LogP contribution in [0.3, 0.4) is 0 Å². The van der Waals surface area contributed by atoms with Gasteiger partial charge in [0.15, 0.2) is 0 Å². The number of rotatable bonds is 11. The number of benzene rings is 3. The first-order valence-corrected chi connectivity index (χ1v) is 14.7. The molecule has 2 amide bonds. The smallest absolute Gasteiger partial charge is 0.264 e. The van der Waals surface area contributed by atoms with E-state index in [1.807, 2.05) is 58.9 Å². The summed E-state index contributed by atoms with van der Waals surface area (Å²) in [6.07, 6.45) is 0.359. The minimum atomic E-state index is -4.14. The maximum absolute atomic E-state index is 14.0. The van der Waals surface area contributed by atoms with Crippen LogP contribution in [0.1, 0.15) is 43.9 Å². The number of amides is 2. The summed E-state index contributed by atoms with van der Waals surface area (Å²) in [7, 11) is -4.14. The van der Waals surface area contributed by atoms with Crippen LogP contribution >= 0.6 is 11.6 Å². The molecule has 0 aliphatic heterocycles. The third kappa shape index (κ3) is 7.83. The Balaban J connectivity index is 2.06. The van der Waals surface area contributed by atoms with Gasteiger partial charge in [-0.2, -0.15) is 0 Å². The summed E-state index contributed by atoms with van der Waals surface area (Å²) in [5, 5.41) is 3.23. The summed E-state index contributed by atoms with van der Waals surface area (Å²) in [6, 6.07) is 19.6. The standard InChI is InChI=1S/C30H36ClN3O4S/c1-6-28(30(36)32-21(2)3)33(19-24-14-10-22(4)11-15-24)29(35)20-34(26-9-7-8-25(31)18-26)39(37,38)27-16-12-23(5)13-17-27/h7-18,21,28H,6,19-20H2,1-5H3,(H,32,36)/t28-/m0/s1. The molecular formula is C30H36ClN3O4S. The first-order chi connectivity index (χ1) is 18.4. The molecule has 3 rings (SSSR count). The van der Waals surface area contributed by atoms with Crippen molar-refractivity contribution in [1.82, 2.24) is 10.2 Å². The van der Waals surface area contributed by atoms with Crippen molar-refractivity contribution in [3.63, 3.8) is 0 Å². The molecule has 9 heteroatoms. The van der Waals surface area contributed by atoms with Gasteiger partial charge in [-0.25, -0.2) is 8.42 Å². The van der Waals surface area contributed by atoms with Crippen LogP contribution in [0.2, 0.25) is 5.02 Å². The van der Waals surface area contributed by atoms with Gasteiger partial charge in [-0.1, -0.05) is 72.1 Å². The second kappa shape index (κ2) is 13.1. The Morgan fingerprint density at radius 1 is 0.923 bits per heavy atom. The summed E-state index contributed by atoms with van der Waals surface area (Å²) >= 11 is 6.22. The average Bonchev–Trinajstić information content (AvgIpc) is 2.88. The summed E-state index contributed by atoms with van der Waals surface area (Å²) < 4.78 is 28.8. The molecule has 0 saturated carbocycles. The molecule has 0 saturated heterocycles. The Morgan fingerprint density at radius 2 is 1.51 bits per heavy atom. The third-order valence-electron chi connectivity index (χ3n) is 6.27. The normalized spacial score (nSPS) is 12.2. The van der Waals surface area contributed by atoms with Crippen molar-refractivity contribution in [1.29, 1.82) is 0 Å². The number of anilines is 1. The van der Waals surface area contributed by atoms with Crippen LogP contribution < -0.4 is 9.62 Å². The SMILES string of the molecule is CC[C@@H](C(=O)NC(C)C)N(Cc1ccc(C)cc1)C(=O)CN(c1cccc(Cl)c1)S(=O)(=O)c1ccc(C)cc1. The highest BCUT2D eigenvalue weighted by Crippen LogP contribution is 2.27. The van der Waals surface area contributed by atoms with E-state index in [9.17, 15) is 18.0 Å². The number of nitrogens with one attached hydrogen (secondary N) is 1. The molecule has 0 spiro atoms. The Hall–Kier alpha value is -3.36. The van der Waals surface area contributed by atoms with E-state index in [4.69, 9.17) is 11.6 Å². The zero-order valence-electron chi connectivity index (χ0n) is 23.0. The maximum Gasteiger partial charge on any atom is 0.264 e. The first-order valence-electron chi connectivity index (χ1n) is 12.9. The van der Waals surface area contributed by atoms with Crippen molar-refractivity contribution < 1.29 is 18.0 Å². The summed E-state index contributed by atoms with van der Waals surface area (Å²) in [5.74, 6) is -0.791.